The Hall–Kier alpha value is 0.458. The second kappa shape index (κ2) is 10.6. The van der Waals surface area contributed by atoms with Crippen molar-refractivity contribution < 1.29 is 42.9 Å². The van der Waals surface area contributed by atoms with E-state index < -0.39 is 53.5 Å². The number of aliphatic hydroxyl groups excluding tert-OH is 4. The van der Waals surface area contributed by atoms with Gasteiger partial charge < -0.3 is 16.4 Å². The van der Waals surface area contributed by atoms with Crippen LogP contribution in [0.25, 0.3) is 0 Å². The zero-order valence-electron chi connectivity index (χ0n) is 8.28. The van der Waals surface area contributed by atoms with E-state index in [1.807, 2.05) is 0 Å². The van der Waals surface area contributed by atoms with E-state index in [1.54, 1.807) is 0 Å². The molecule has 16 heavy (non-hydrogen) atoms. The first-order chi connectivity index (χ1) is 6.20. The van der Waals surface area contributed by atoms with E-state index >= 15 is 0 Å². The van der Waals surface area contributed by atoms with Crippen molar-refractivity contribution >= 4 is 22.5 Å². The van der Waals surface area contributed by atoms with Crippen LogP contribution in [0.15, 0.2) is 0 Å². The molecule has 101 valence electrons. The minimum absolute atomic E-state index is 0. The Morgan fingerprint density at radius 3 is 2.06 bits per heavy atom. The summed E-state index contributed by atoms with van der Waals surface area (Å²) in [6.07, 6.45) is -3.76. The van der Waals surface area contributed by atoms with Gasteiger partial charge in [0.25, 0.3) is 0 Å². The van der Waals surface area contributed by atoms with Crippen molar-refractivity contribution in [2.24, 2.45) is 0 Å². The summed E-state index contributed by atoms with van der Waals surface area (Å²) in [4.78, 5) is 0. The van der Waals surface area contributed by atoms with Gasteiger partial charge in [-0.3, -0.25) is 0 Å². The van der Waals surface area contributed by atoms with E-state index in [-0.39, 0.29) is 23.0 Å². The predicted octanol–water partition coefficient (Wildman–Crippen LogP) is -5.46. The molecule has 0 aromatic rings. The normalized spacial score (nSPS) is 27.0. The standard InChI is InChI=1S/C6H12O6.3H2O.Sb/c7-1-3(9)5(11)6(12)4(10)2-8;;;;/h3-9,11H,1-2H2;3*1H2;/q-2;;;;+2. The van der Waals surface area contributed by atoms with Gasteiger partial charge in [-0.05, 0) is 0 Å². The van der Waals surface area contributed by atoms with Crippen LogP contribution in [0.2, 0.25) is 0 Å². The van der Waals surface area contributed by atoms with Gasteiger partial charge in [0.15, 0.2) is 0 Å². The van der Waals surface area contributed by atoms with Crippen LogP contribution in [-0.4, -0.2) is 96.9 Å². The molecule has 0 spiro atoms. The molecule has 0 aliphatic carbocycles. The molecular weight excluding hydrogens is 338 g/mol. The van der Waals surface area contributed by atoms with Crippen molar-refractivity contribution in [3.8, 4) is 0 Å². The molecule has 1 rings (SSSR count). The molecule has 1 radical (unpaired) electrons. The fourth-order valence-electron chi connectivity index (χ4n) is 1.00. The monoisotopic (exact) mass is 355 g/mol. The van der Waals surface area contributed by atoms with E-state index in [9.17, 15) is 5.11 Å². The van der Waals surface area contributed by atoms with Crippen LogP contribution >= 0.6 is 0 Å². The first-order valence-corrected chi connectivity index (χ1v) is 5.89. The molecule has 10 heteroatoms. The predicted molar refractivity (Wildman–Crippen MR) is 52.5 cm³/mol. The molecule has 0 bridgehead atoms. The maximum absolute atomic E-state index is 9.42. The van der Waals surface area contributed by atoms with Gasteiger partial charge in [0.05, 0.1) is 0 Å². The van der Waals surface area contributed by atoms with Crippen molar-refractivity contribution in [3.05, 3.63) is 0 Å². The van der Waals surface area contributed by atoms with Crippen LogP contribution < -0.4 is 0 Å². The van der Waals surface area contributed by atoms with Crippen molar-refractivity contribution in [2.45, 2.75) is 24.4 Å². The van der Waals surface area contributed by atoms with Crippen LogP contribution in [0.3, 0.4) is 0 Å². The Morgan fingerprint density at radius 2 is 1.62 bits per heavy atom. The fourth-order valence-corrected chi connectivity index (χ4v) is 3.02. The topological polar surface area (TPSA) is 194 Å². The zero-order valence-corrected chi connectivity index (χ0v) is 10.8. The molecule has 1 saturated heterocycles. The average molecular weight is 356 g/mol. The van der Waals surface area contributed by atoms with Gasteiger partial charge >= 0.3 is 86.5 Å². The Bertz CT molecular complexity index is 159. The van der Waals surface area contributed by atoms with Crippen LogP contribution in [0.5, 0.6) is 0 Å². The molecule has 1 fully saturated rings. The average Bonchev–Trinajstić information content (AvgIpc) is 2.62. The number of aliphatic hydroxyl groups is 4. The molecule has 4 atom stereocenters. The Morgan fingerprint density at radius 1 is 1.06 bits per heavy atom. The molecule has 1 aliphatic heterocycles. The fraction of sp³-hybridized carbons (Fsp3) is 1.00. The molecule has 0 aromatic heterocycles. The van der Waals surface area contributed by atoms with Crippen LogP contribution in [-0.2, 0) is 6.03 Å². The maximum atomic E-state index is 9.42. The summed E-state index contributed by atoms with van der Waals surface area (Å²) < 4.78 is 10.1. The SMILES string of the molecule is O.O.O.OCC(O)C(O)C1[O][Sb][O]C1CO. The van der Waals surface area contributed by atoms with E-state index in [1.165, 1.54) is 0 Å². The second-order valence-corrected chi connectivity index (χ2v) is 4.34. The third-order valence-corrected chi connectivity index (χ3v) is 3.77. The van der Waals surface area contributed by atoms with Gasteiger partial charge in [0.2, 0.25) is 0 Å². The number of rotatable bonds is 4. The van der Waals surface area contributed by atoms with Gasteiger partial charge in [0.1, 0.15) is 0 Å². The quantitative estimate of drug-likeness (QED) is 0.363. The minimum atomic E-state index is -1.25. The first-order valence-electron chi connectivity index (χ1n) is 3.80. The molecule has 0 amide bonds. The molecular formula is C6H18O9Sb. The second-order valence-electron chi connectivity index (χ2n) is 2.71. The van der Waals surface area contributed by atoms with Crippen LogP contribution in [0, 0.1) is 0 Å². The molecule has 1 aliphatic rings. The van der Waals surface area contributed by atoms with E-state index in [0.29, 0.717) is 0 Å². The molecule has 0 aromatic carbocycles. The summed E-state index contributed by atoms with van der Waals surface area (Å²) in [7, 11) is 0. The summed E-state index contributed by atoms with van der Waals surface area (Å²) in [5, 5.41) is 35.9. The molecule has 0 saturated carbocycles. The molecule has 1 heterocycles. The summed E-state index contributed by atoms with van der Waals surface area (Å²) in [6.45, 7) is -0.794. The van der Waals surface area contributed by atoms with E-state index in [0.717, 1.165) is 0 Å². The van der Waals surface area contributed by atoms with Crippen LogP contribution in [0.1, 0.15) is 0 Å². The van der Waals surface area contributed by atoms with Gasteiger partial charge in [-0.2, -0.15) is 0 Å². The van der Waals surface area contributed by atoms with Gasteiger partial charge in [-0.1, -0.05) is 0 Å². The summed E-state index contributed by atoms with van der Waals surface area (Å²) in [6, 6.07) is 0. The first kappa shape index (κ1) is 21.7. The summed E-state index contributed by atoms with van der Waals surface area (Å²) in [5.41, 5.74) is 0. The van der Waals surface area contributed by atoms with Crippen LogP contribution in [0.4, 0.5) is 0 Å². The number of hydrogen-bond acceptors (Lipinski definition) is 6. The van der Waals surface area contributed by atoms with Crippen molar-refractivity contribution in [1.82, 2.24) is 0 Å². The van der Waals surface area contributed by atoms with Crippen molar-refractivity contribution in [1.29, 1.82) is 0 Å². The third-order valence-electron chi connectivity index (χ3n) is 1.81. The Kier molecular flexibility index (Phi) is 14.4. The van der Waals surface area contributed by atoms with Gasteiger partial charge in [-0.25, -0.2) is 0 Å². The summed E-state index contributed by atoms with van der Waals surface area (Å²) >= 11 is -1.25. The molecule has 10 N–H and O–H groups in total. The molecule has 9 nitrogen and oxygen atoms in total. The Labute approximate surface area is 103 Å². The van der Waals surface area contributed by atoms with Crippen molar-refractivity contribution in [3.63, 3.8) is 0 Å². The summed E-state index contributed by atoms with van der Waals surface area (Å²) in [5.74, 6) is 0. The third kappa shape index (κ3) is 5.19. The number of hydrogen-bond donors (Lipinski definition) is 4. The van der Waals surface area contributed by atoms with E-state index in [2.05, 4.69) is 0 Å². The Balaban J connectivity index is -0.000000563. The van der Waals surface area contributed by atoms with Crippen molar-refractivity contribution in [2.75, 3.05) is 13.2 Å². The molecule has 4 unspecified atom stereocenters. The van der Waals surface area contributed by atoms with Gasteiger partial charge in [0, 0.05) is 0 Å². The van der Waals surface area contributed by atoms with E-state index in [4.69, 9.17) is 21.4 Å². The van der Waals surface area contributed by atoms with Gasteiger partial charge in [-0.15, -0.1) is 0 Å². The zero-order chi connectivity index (χ0) is 9.84.